The summed E-state index contributed by atoms with van der Waals surface area (Å²) in [6, 6.07) is 0. The average molecular weight is 191 g/mol. The Morgan fingerprint density at radius 2 is 1.93 bits per heavy atom. The van der Waals surface area contributed by atoms with Gasteiger partial charge in [-0.15, -0.1) is 0 Å². The Labute approximate surface area is 89.0 Å². The molecule has 0 amide bonds. The zero-order valence-corrected chi connectivity index (χ0v) is 9.96. The maximum Gasteiger partial charge on any atom is 0.281 e. The highest BCUT2D eigenvalue weighted by Crippen LogP contribution is 2.22. The fourth-order valence-corrected chi connectivity index (χ4v) is 1.91. The molecule has 1 aliphatic rings. The largest absolute Gasteiger partial charge is 0.412 e. The fourth-order valence-electron chi connectivity index (χ4n) is 1.91. The second kappa shape index (κ2) is 4.72. The van der Waals surface area contributed by atoms with Gasteiger partial charge >= 0.3 is 0 Å². The molecule has 0 N–H and O–H groups in total. The number of rotatable bonds is 3. The first-order valence-electron chi connectivity index (χ1n) is 5.69. The van der Waals surface area contributed by atoms with E-state index in [9.17, 15) is 0 Å². The van der Waals surface area contributed by atoms with Crippen molar-refractivity contribution in [2.24, 2.45) is 0 Å². The van der Waals surface area contributed by atoms with E-state index in [4.69, 9.17) is 0 Å². The van der Waals surface area contributed by atoms with E-state index in [-0.39, 0.29) is 5.54 Å². The van der Waals surface area contributed by atoms with Crippen molar-refractivity contribution in [1.29, 1.82) is 0 Å². The van der Waals surface area contributed by atoms with Crippen LogP contribution in [-0.4, -0.2) is 17.2 Å². The smallest absolute Gasteiger partial charge is 0.281 e. The Bertz CT molecular complexity index is 225. The van der Waals surface area contributed by atoms with Crippen molar-refractivity contribution >= 4 is 6.85 Å². The van der Waals surface area contributed by atoms with E-state index >= 15 is 0 Å². The van der Waals surface area contributed by atoms with E-state index in [2.05, 4.69) is 56.8 Å². The molecule has 0 aromatic carbocycles. The Morgan fingerprint density at radius 3 is 2.50 bits per heavy atom. The molecule has 1 heterocycles. The summed E-state index contributed by atoms with van der Waals surface area (Å²) in [5, 5.41) is 0. The maximum atomic E-state index is 2.46. The molecule has 0 fully saturated rings. The summed E-state index contributed by atoms with van der Waals surface area (Å²) in [5.74, 6) is 2.32. The van der Waals surface area contributed by atoms with Gasteiger partial charge in [0, 0.05) is 5.54 Å². The van der Waals surface area contributed by atoms with Gasteiger partial charge in [0.1, 0.15) is 0 Å². The van der Waals surface area contributed by atoms with Crippen molar-refractivity contribution in [3.8, 4) is 0 Å². The number of hydrogen-bond donors (Lipinski definition) is 0. The minimum absolute atomic E-state index is 0.236. The van der Waals surface area contributed by atoms with E-state index in [1.54, 1.807) is 0 Å². The van der Waals surface area contributed by atoms with Gasteiger partial charge in [0.2, 0.25) is 0 Å². The normalized spacial score (nSPS) is 16.6. The van der Waals surface area contributed by atoms with Crippen LogP contribution in [0.4, 0.5) is 0 Å². The molecule has 14 heavy (non-hydrogen) atoms. The highest BCUT2D eigenvalue weighted by molar-refractivity contribution is 6.62. The summed E-state index contributed by atoms with van der Waals surface area (Å²) >= 11 is 0. The first-order valence-corrected chi connectivity index (χ1v) is 5.69. The van der Waals surface area contributed by atoms with E-state index < -0.39 is 0 Å². The zero-order valence-electron chi connectivity index (χ0n) is 9.96. The molecule has 0 aromatic rings. The number of hydrogen-bond acceptors (Lipinski definition) is 1. The topological polar surface area (TPSA) is 3.24 Å². The molecule has 0 aromatic heterocycles. The van der Waals surface area contributed by atoms with Crippen LogP contribution in [0.2, 0.25) is 6.32 Å². The van der Waals surface area contributed by atoms with Crippen molar-refractivity contribution < 1.29 is 0 Å². The quantitative estimate of drug-likeness (QED) is 0.617. The summed E-state index contributed by atoms with van der Waals surface area (Å²) in [5.41, 5.74) is 0.236. The van der Waals surface area contributed by atoms with E-state index in [1.807, 2.05) is 0 Å². The zero-order chi connectivity index (χ0) is 10.6. The number of nitrogens with zero attached hydrogens (tertiary/aromatic N) is 1. The Hall–Kier alpha value is -0.655. The minimum Gasteiger partial charge on any atom is -0.412 e. The van der Waals surface area contributed by atoms with Crippen LogP contribution < -0.4 is 0 Å². The summed E-state index contributed by atoms with van der Waals surface area (Å²) in [6.07, 6.45) is 10.4. The van der Waals surface area contributed by atoms with Gasteiger partial charge in [-0.1, -0.05) is 31.8 Å². The van der Waals surface area contributed by atoms with Crippen LogP contribution in [0.25, 0.3) is 0 Å². The molecule has 0 aliphatic carbocycles. The maximum absolute atomic E-state index is 2.46. The van der Waals surface area contributed by atoms with Crippen LogP contribution >= 0.6 is 0 Å². The highest BCUT2D eigenvalue weighted by Gasteiger charge is 2.27. The van der Waals surface area contributed by atoms with E-state index in [0.717, 1.165) is 0 Å². The van der Waals surface area contributed by atoms with Crippen LogP contribution in [0.5, 0.6) is 0 Å². The lowest BCUT2D eigenvalue weighted by Gasteiger charge is -2.40. The number of allylic oxidation sites excluding steroid dienone is 2. The van der Waals surface area contributed by atoms with Gasteiger partial charge < -0.3 is 4.81 Å². The highest BCUT2D eigenvalue weighted by atomic mass is 15.1. The predicted molar refractivity (Wildman–Crippen MR) is 65.3 cm³/mol. The van der Waals surface area contributed by atoms with Gasteiger partial charge in [0.25, 0.3) is 6.85 Å². The van der Waals surface area contributed by atoms with E-state index in [1.165, 1.54) is 19.2 Å². The molecule has 1 aliphatic heterocycles. The first-order chi connectivity index (χ1) is 6.55. The number of unbranched alkanes of at least 4 members (excludes halogenated alkanes) is 1. The van der Waals surface area contributed by atoms with Crippen LogP contribution in [0.1, 0.15) is 40.5 Å². The summed E-state index contributed by atoms with van der Waals surface area (Å²) < 4.78 is 0. The van der Waals surface area contributed by atoms with Gasteiger partial charge in [0.05, 0.1) is 0 Å². The summed E-state index contributed by atoms with van der Waals surface area (Å²) in [4.78, 5) is 2.46. The lowest BCUT2D eigenvalue weighted by atomic mass is 9.54. The lowest BCUT2D eigenvalue weighted by Crippen LogP contribution is -2.47. The van der Waals surface area contributed by atoms with Crippen molar-refractivity contribution in [2.45, 2.75) is 52.4 Å². The molecule has 0 atom stereocenters. The van der Waals surface area contributed by atoms with Gasteiger partial charge in [0.15, 0.2) is 0 Å². The monoisotopic (exact) mass is 191 g/mol. The second-order valence-corrected chi connectivity index (χ2v) is 5.01. The Morgan fingerprint density at radius 1 is 1.21 bits per heavy atom. The van der Waals surface area contributed by atoms with Crippen LogP contribution in [-0.2, 0) is 0 Å². The van der Waals surface area contributed by atoms with E-state index in [0.29, 0.717) is 6.85 Å². The third kappa shape index (κ3) is 2.93. The van der Waals surface area contributed by atoms with Crippen molar-refractivity contribution in [2.75, 3.05) is 0 Å². The SMILES string of the molecule is CCCCB1C=CC=CN1C(C)(C)C. The molecule has 78 valence electrons. The molecule has 1 nitrogen and oxygen atoms in total. The molecular formula is C12H22BN. The standard InChI is InChI=1S/C12H22BN/c1-5-6-9-13-10-7-8-11-14(13)12(2,3)4/h7-8,10-11H,5-6,9H2,1-4H3. The van der Waals surface area contributed by atoms with Crippen molar-refractivity contribution in [3.63, 3.8) is 0 Å². The third-order valence-electron chi connectivity index (χ3n) is 2.68. The summed E-state index contributed by atoms with van der Waals surface area (Å²) in [6.45, 7) is 9.67. The molecule has 2 heteroatoms. The Balaban J connectivity index is 2.62. The minimum atomic E-state index is 0.236. The first kappa shape index (κ1) is 11.4. The van der Waals surface area contributed by atoms with Crippen LogP contribution in [0, 0.1) is 0 Å². The van der Waals surface area contributed by atoms with Crippen LogP contribution in [0.15, 0.2) is 24.3 Å². The molecule has 1 rings (SSSR count). The molecule has 0 unspecified atom stereocenters. The van der Waals surface area contributed by atoms with Crippen LogP contribution in [0.3, 0.4) is 0 Å². The van der Waals surface area contributed by atoms with Crippen molar-refractivity contribution in [1.82, 2.24) is 4.81 Å². The third-order valence-corrected chi connectivity index (χ3v) is 2.68. The van der Waals surface area contributed by atoms with Gasteiger partial charge in [-0.2, -0.15) is 0 Å². The average Bonchev–Trinajstić information content (AvgIpc) is 2.14. The molecule has 0 bridgehead atoms. The molecule has 0 saturated heterocycles. The molecular weight excluding hydrogens is 169 g/mol. The molecule has 0 spiro atoms. The lowest BCUT2D eigenvalue weighted by molar-refractivity contribution is 0.321. The van der Waals surface area contributed by atoms with Gasteiger partial charge in [-0.3, -0.25) is 0 Å². The Kier molecular flexibility index (Phi) is 3.85. The molecule has 0 saturated carbocycles. The molecule has 0 radical (unpaired) electrons. The summed E-state index contributed by atoms with van der Waals surface area (Å²) in [7, 11) is 0. The van der Waals surface area contributed by atoms with Crippen molar-refractivity contribution in [3.05, 3.63) is 24.3 Å². The predicted octanol–water partition coefficient (Wildman–Crippen LogP) is 3.50. The second-order valence-electron chi connectivity index (χ2n) is 5.01. The van der Waals surface area contributed by atoms with Gasteiger partial charge in [-0.05, 0) is 39.4 Å². The van der Waals surface area contributed by atoms with Gasteiger partial charge in [-0.25, -0.2) is 0 Å². The fraction of sp³-hybridized carbons (Fsp3) is 0.667.